The molecular formula is C14H14N4O. The number of para-hydroxylation sites is 1. The fourth-order valence-corrected chi connectivity index (χ4v) is 2.23. The molecule has 0 atom stereocenters. The van der Waals surface area contributed by atoms with E-state index in [4.69, 9.17) is 5.73 Å². The number of amides is 1. The first-order chi connectivity index (χ1) is 9.25. The molecule has 0 fully saturated rings. The second-order valence-corrected chi connectivity index (χ2v) is 4.40. The maximum Gasteiger partial charge on any atom is 0.219 e. The van der Waals surface area contributed by atoms with Crippen molar-refractivity contribution in [2.75, 3.05) is 11.9 Å². The molecule has 1 amide bonds. The Morgan fingerprint density at radius 1 is 1.26 bits per heavy atom. The van der Waals surface area contributed by atoms with E-state index >= 15 is 0 Å². The number of H-pyrrole nitrogens is 1. The van der Waals surface area contributed by atoms with E-state index in [0.717, 1.165) is 27.6 Å². The van der Waals surface area contributed by atoms with E-state index in [1.54, 1.807) is 6.20 Å². The van der Waals surface area contributed by atoms with Gasteiger partial charge >= 0.3 is 0 Å². The lowest BCUT2D eigenvalue weighted by Crippen LogP contribution is -2.16. The summed E-state index contributed by atoms with van der Waals surface area (Å²) in [4.78, 5) is 18.5. The highest BCUT2D eigenvalue weighted by Gasteiger charge is 2.09. The number of nitrogens with zero attached hydrogens (tertiary/aromatic N) is 1. The van der Waals surface area contributed by atoms with Crippen LogP contribution in [0.15, 0.2) is 36.5 Å². The number of anilines is 1. The molecule has 0 aliphatic rings. The van der Waals surface area contributed by atoms with Gasteiger partial charge in [-0.15, -0.1) is 0 Å². The predicted molar refractivity (Wildman–Crippen MR) is 75.9 cm³/mol. The van der Waals surface area contributed by atoms with Gasteiger partial charge in [-0.3, -0.25) is 4.79 Å². The van der Waals surface area contributed by atoms with Crippen molar-refractivity contribution >= 4 is 33.5 Å². The van der Waals surface area contributed by atoms with E-state index in [-0.39, 0.29) is 5.91 Å². The summed E-state index contributed by atoms with van der Waals surface area (Å²) in [7, 11) is 0. The molecule has 19 heavy (non-hydrogen) atoms. The molecule has 0 bridgehead atoms. The van der Waals surface area contributed by atoms with E-state index < -0.39 is 0 Å². The molecule has 0 radical (unpaired) electrons. The zero-order chi connectivity index (χ0) is 13.2. The Kier molecular flexibility index (Phi) is 2.79. The lowest BCUT2D eigenvalue weighted by Gasteiger charge is -2.05. The summed E-state index contributed by atoms with van der Waals surface area (Å²) in [5.74, 6) is 0.454. The summed E-state index contributed by atoms with van der Waals surface area (Å²) < 4.78 is 0. The van der Waals surface area contributed by atoms with Gasteiger partial charge in [-0.2, -0.15) is 0 Å². The zero-order valence-corrected chi connectivity index (χ0v) is 10.3. The number of fused-ring (bicyclic) bond motifs is 3. The van der Waals surface area contributed by atoms with Gasteiger partial charge in [0.1, 0.15) is 5.82 Å². The van der Waals surface area contributed by atoms with Gasteiger partial charge < -0.3 is 16.0 Å². The third kappa shape index (κ3) is 2.10. The highest BCUT2D eigenvalue weighted by molar-refractivity contribution is 6.12. The molecule has 0 aliphatic carbocycles. The number of benzene rings is 1. The predicted octanol–water partition coefficient (Wildman–Crippen LogP) is 2.00. The monoisotopic (exact) mass is 254 g/mol. The summed E-state index contributed by atoms with van der Waals surface area (Å²) >= 11 is 0. The Labute approximate surface area is 109 Å². The Bertz CT molecular complexity index is 747. The van der Waals surface area contributed by atoms with Crippen LogP contribution in [0.25, 0.3) is 21.8 Å². The van der Waals surface area contributed by atoms with Crippen LogP contribution in [0.3, 0.4) is 0 Å². The van der Waals surface area contributed by atoms with Gasteiger partial charge in [0.25, 0.3) is 0 Å². The van der Waals surface area contributed by atoms with Crippen molar-refractivity contribution in [3.8, 4) is 0 Å². The SMILES string of the molecule is NC(=O)CCNc1nccc2[nH]c3ccccc3c12. The van der Waals surface area contributed by atoms with Crippen molar-refractivity contribution in [3.05, 3.63) is 36.5 Å². The van der Waals surface area contributed by atoms with Gasteiger partial charge in [-0.25, -0.2) is 4.98 Å². The standard InChI is InChI=1S/C14H14N4O/c15-12(19)6-8-17-14-13-9-3-1-2-4-10(9)18-11(13)5-7-16-14/h1-5,7,18H,6,8H2,(H2,15,19)(H,16,17). The normalized spacial score (nSPS) is 10.9. The molecule has 5 nitrogen and oxygen atoms in total. The van der Waals surface area contributed by atoms with Crippen molar-refractivity contribution in [3.63, 3.8) is 0 Å². The average Bonchev–Trinajstić information content (AvgIpc) is 2.77. The quantitative estimate of drug-likeness (QED) is 0.665. The highest BCUT2D eigenvalue weighted by Crippen LogP contribution is 2.29. The number of pyridine rings is 1. The van der Waals surface area contributed by atoms with Gasteiger partial charge in [0, 0.05) is 35.5 Å². The molecule has 2 aromatic heterocycles. The number of nitrogens with one attached hydrogen (secondary N) is 2. The van der Waals surface area contributed by atoms with Crippen LogP contribution in [-0.4, -0.2) is 22.4 Å². The molecular weight excluding hydrogens is 240 g/mol. The first-order valence-electron chi connectivity index (χ1n) is 6.13. The molecule has 2 heterocycles. The van der Waals surface area contributed by atoms with E-state index in [9.17, 15) is 4.79 Å². The zero-order valence-electron chi connectivity index (χ0n) is 10.3. The lowest BCUT2D eigenvalue weighted by atomic mass is 10.2. The van der Waals surface area contributed by atoms with Crippen LogP contribution in [0.1, 0.15) is 6.42 Å². The molecule has 0 saturated carbocycles. The van der Waals surface area contributed by atoms with Crippen LogP contribution in [0.2, 0.25) is 0 Å². The van der Waals surface area contributed by atoms with Crippen molar-refractivity contribution in [1.29, 1.82) is 0 Å². The molecule has 1 aromatic carbocycles. The lowest BCUT2D eigenvalue weighted by molar-refractivity contribution is -0.117. The van der Waals surface area contributed by atoms with Crippen molar-refractivity contribution in [2.24, 2.45) is 5.73 Å². The van der Waals surface area contributed by atoms with Crippen LogP contribution in [0.4, 0.5) is 5.82 Å². The van der Waals surface area contributed by atoms with E-state index in [0.29, 0.717) is 13.0 Å². The smallest absolute Gasteiger partial charge is 0.219 e. The Morgan fingerprint density at radius 3 is 2.95 bits per heavy atom. The van der Waals surface area contributed by atoms with Gasteiger partial charge in [0.15, 0.2) is 0 Å². The fraction of sp³-hybridized carbons (Fsp3) is 0.143. The first-order valence-corrected chi connectivity index (χ1v) is 6.13. The molecule has 0 saturated heterocycles. The average molecular weight is 254 g/mol. The number of hydrogen-bond acceptors (Lipinski definition) is 3. The summed E-state index contributed by atoms with van der Waals surface area (Å²) in [5, 5.41) is 5.33. The number of aromatic amines is 1. The third-order valence-electron chi connectivity index (χ3n) is 3.08. The topological polar surface area (TPSA) is 83.8 Å². The van der Waals surface area contributed by atoms with Crippen LogP contribution in [0.5, 0.6) is 0 Å². The molecule has 0 spiro atoms. The molecule has 0 unspecified atom stereocenters. The minimum atomic E-state index is -0.321. The van der Waals surface area contributed by atoms with E-state index in [2.05, 4.69) is 21.4 Å². The fourth-order valence-electron chi connectivity index (χ4n) is 2.23. The van der Waals surface area contributed by atoms with Crippen LogP contribution >= 0.6 is 0 Å². The molecule has 3 rings (SSSR count). The number of rotatable bonds is 4. The Hall–Kier alpha value is -2.56. The number of hydrogen-bond donors (Lipinski definition) is 3. The van der Waals surface area contributed by atoms with E-state index in [1.807, 2.05) is 24.3 Å². The number of carbonyl (C=O) groups excluding carboxylic acids is 1. The minimum absolute atomic E-state index is 0.292. The van der Waals surface area contributed by atoms with Crippen molar-refractivity contribution < 1.29 is 4.79 Å². The number of nitrogens with two attached hydrogens (primary N) is 1. The molecule has 4 N–H and O–H groups in total. The largest absolute Gasteiger partial charge is 0.370 e. The van der Waals surface area contributed by atoms with Crippen LogP contribution < -0.4 is 11.1 Å². The summed E-state index contributed by atoms with van der Waals surface area (Å²) in [5.41, 5.74) is 7.23. The summed E-state index contributed by atoms with van der Waals surface area (Å²) in [6, 6.07) is 10.0. The molecule has 3 aromatic rings. The van der Waals surface area contributed by atoms with Gasteiger partial charge in [0.05, 0.1) is 5.52 Å². The second kappa shape index (κ2) is 4.61. The first kappa shape index (κ1) is 11.5. The number of carbonyl (C=O) groups is 1. The summed E-state index contributed by atoms with van der Waals surface area (Å²) in [6.07, 6.45) is 2.03. The number of aromatic nitrogens is 2. The van der Waals surface area contributed by atoms with Crippen LogP contribution in [0, 0.1) is 0 Å². The molecule has 5 heteroatoms. The van der Waals surface area contributed by atoms with Gasteiger partial charge in [0.2, 0.25) is 5.91 Å². The highest BCUT2D eigenvalue weighted by atomic mass is 16.1. The van der Waals surface area contributed by atoms with Crippen molar-refractivity contribution in [1.82, 2.24) is 9.97 Å². The Morgan fingerprint density at radius 2 is 2.11 bits per heavy atom. The minimum Gasteiger partial charge on any atom is -0.370 e. The Balaban J connectivity index is 2.06. The van der Waals surface area contributed by atoms with Crippen LogP contribution in [-0.2, 0) is 4.79 Å². The van der Waals surface area contributed by atoms with Gasteiger partial charge in [-0.05, 0) is 12.1 Å². The molecule has 96 valence electrons. The second-order valence-electron chi connectivity index (χ2n) is 4.40. The maximum atomic E-state index is 10.8. The van der Waals surface area contributed by atoms with Gasteiger partial charge in [-0.1, -0.05) is 18.2 Å². The van der Waals surface area contributed by atoms with Crippen molar-refractivity contribution in [2.45, 2.75) is 6.42 Å². The summed E-state index contributed by atoms with van der Waals surface area (Å²) in [6.45, 7) is 0.487. The number of primary amides is 1. The maximum absolute atomic E-state index is 10.8. The van der Waals surface area contributed by atoms with E-state index in [1.165, 1.54) is 0 Å². The molecule has 0 aliphatic heterocycles. The third-order valence-corrected chi connectivity index (χ3v) is 3.08.